The number of nitrogens with two attached hydrogens (primary N) is 2. The number of nitrogens with zero attached hydrogens (tertiary/aromatic N) is 6. The molecular formula is C12H14N10S2. The van der Waals surface area contributed by atoms with Gasteiger partial charge < -0.3 is 21.8 Å². The number of nitrogens with one attached hydrogen (secondary N) is 2. The number of fused-ring (bicyclic) bond motifs is 2. The van der Waals surface area contributed by atoms with Crippen molar-refractivity contribution in [3.8, 4) is 0 Å². The molecule has 0 radical (unpaired) electrons. The number of aromatic amines is 1. The van der Waals surface area contributed by atoms with Gasteiger partial charge in [0.1, 0.15) is 30.1 Å². The van der Waals surface area contributed by atoms with E-state index in [0.717, 1.165) is 21.8 Å². The lowest BCUT2D eigenvalue weighted by Gasteiger charge is -2.16. The van der Waals surface area contributed by atoms with E-state index in [4.69, 9.17) is 11.5 Å². The minimum Gasteiger partial charge on any atom is -0.385 e. The highest BCUT2D eigenvalue weighted by Crippen LogP contribution is 2.23. The van der Waals surface area contributed by atoms with E-state index in [1.54, 1.807) is 23.5 Å². The van der Waals surface area contributed by atoms with E-state index in [9.17, 15) is 0 Å². The van der Waals surface area contributed by atoms with Gasteiger partial charge in [0.2, 0.25) is 0 Å². The Hall–Kier alpha value is -2.34. The SMILES string of the molecule is NC1=NC=NC2N=C(SCCSc3nc4ncnc(N)c4[nH]3)NC12. The van der Waals surface area contributed by atoms with Gasteiger partial charge in [-0.1, -0.05) is 23.5 Å². The summed E-state index contributed by atoms with van der Waals surface area (Å²) in [7, 11) is 0. The molecule has 10 nitrogen and oxygen atoms in total. The van der Waals surface area contributed by atoms with Gasteiger partial charge in [-0.05, 0) is 0 Å². The molecule has 6 N–H and O–H groups in total. The summed E-state index contributed by atoms with van der Waals surface area (Å²) in [5.74, 6) is 2.63. The van der Waals surface area contributed by atoms with Crippen molar-refractivity contribution in [3.63, 3.8) is 0 Å². The molecule has 2 unspecified atom stereocenters. The van der Waals surface area contributed by atoms with E-state index in [-0.39, 0.29) is 12.2 Å². The summed E-state index contributed by atoms with van der Waals surface area (Å²) in [4.78, 5) is 28.2. The Morgan fingerprint density at radius 2 is 2.04 bits per heavy atom. The van der Waals surface area contributed by atoms with Crippen LogP contribution in [0.3, 0.4) is 0 Å². The molecule has 4 rings (SSSR count). The molecule has 0 amide bonds. The molecule has 2 aliphatic rings. The van der Waals surface area contributed by atoms with E-state index < -0.39 is 0 Å². The third-order valence-corrected chi connectivity index (χ3v) is 5.47. The number of anilines is 1. The van der Waals surface area contributed by atoms with Crippen LogP contribution in [0.25, 0.3) is 11.2 Å². The molecule has 2 atom stereocenters. The second-order valence-electron chi connectivity index (χ2n) is 4.98. The molecule has 0 saturated carbocycles. The van der Waals surface area contributed by atoms with E-state index in [1.807, 2.05) is 0 Å². The highest BCUT2D eigenvalue weighted by Gasteiger charge is 2.32. The maximum Gasteiger partial charge on any atom is 0.183 e. The Labute approximate surface area is 145 Å². The Morgan fingerprint density at radius 1 is 1.17 bits per heavy atom. The summed E-state index contributed by atoms with van der Waals surface area (Å²) in [6.07, 6.45) is 2.67. The number of imidazole rings is 1. The van der Waals surface area contributed by atoms with Gasteiger partial charge in [-0.2, -0.15) is 0 Å². The van der Waals surface area contributed by atoms with Crippen molar-refractivity contribution in [2.75, 3.05) is 17.2 Å². The summed E-state index contributed by atoms with van der Waals surface area (Å²) in [6.45, 7) is 0. The van der Waals surface area contributed by atoms with E-state index >= 15 is 0 Å². The lowest BCUT2D eigenvalue weighted by molar-refractivity contribution is 0.648. The molecule has 2 aromatic rings. The summed E-state index contributed by atoms with van der Waals surface area (Å²) < 4.78 is 0. The summed E-state index contributed by atoms with van der Waals surface area (Å²) >= 11 is 3.21. The molecule has 0 bridgehead atoms. The molecule has 0 saturated heterocycles. The van der Waals surface area contributed by atoms with Crippen LogP contribution in [0.5, 0.6) is 0 Å². The molecule has 124 valence electrons. The smallest absolute Gasteiger partial charge is 0.183 e. The maximum absolute atomic E-state index is 5.84. The quantitative estimate of drug-likeness (QED) is 0.431. The van der Waals surface area contributed by atoms with Gasteiger partial charge in [0, 0.05) is 11.5 Å². The number of hydrogen-bond acceptors (Lipinski definition) is 11. The van der Waals surface area contributed by atoms with Gasteiger partial charge in [-0.25, -0.2) is 29.9 Å². The first kappa shape index (κ1) is 15.2. The van der Waals surface area contributed by atoms with Gasteiger partial charge in [0.05, 0.1) is 0 Å². The number of aromatic nitrogens is 4. The van der Waals surface area contributed by atoms with Crippen LogP contribution in [0.4, 0.5) is 5.82 Å². The average molecular weight is 362 g/mol. The highest BCUT2D eigenvalue weighted by atomic mass is 32.2. The van der Waals surface area contributed by atoms with Crippen LogP contribution < -0.4 is 16.8 Å². The number of aliphatic imine (C=N–C) groups is 3. The van der Waals surface area contributed by atoms with E-state index in [0.29, 0.717) is 22.8 Å². The van der Waals surface area contributed by atoms with Crippen molar-refractivity contribution in [2.24, 2.45) is 20.7 Å². The molecule has 2 aromatic heterocycles. The Bertz CT molecular complexity index is 857. The molecule has 0 fully saturated rings. The number of nitrogen functional groups attached to an aromatic ring is 1. The zero-order valence-corrected chi connectivity index (χ0v) is 14.0. The number of thioether (sulfide) groups is 2. The summed E-state index contributed by atoms with van der Waals surface area (Å²) in [5.41, 5.74) is 12.9. The first-order valence-corrected chi connectivity index (χ1v) is 9.09. The van der Waals surface area contributed by atoms with Crippen molar-refractivity contribution in [1.82, 2.24) is 25.3 Å². The molecule has 0 aliphatic carbocycles. The largest absolute Gasteiger partial charge is 0.385 e. The predicted octanol–water partition coefficient (Wildman–Crippen LogP) is -0.187. The van der Waals surface area contributed by atoms with Crippen LogP contribution in [0.2, 0.25) is 0 Å². The van der Waals surface area contributed by atoms with Gasteiger partial charge in [0.15, 0.2) is 28.0 Å². The van der Waals surface area contributed by atoms with Crippen molar-refractivity contribution >= 4 is 57.8 Å². The lowest BCUT2D eigenvalue weighted by atomic mass is 10.2. The number of amidine groups is 2. The van der Waals surface area contributed by atoms with E-state index in [1.165, 1.54) is 12.7 Å². The summed E-state index contributed by atoms with van der Waals surface area (Å²) in [6, 6.07) is -0.123. The molecule has 24 heavy (non-hydrogen) atoms. The summed E-state index contributed by atoms with van der Waals surface area (Å²) in [5, 5.41) is 4.85. The van der Waals surface area contributed by atoms with Crippen LogP contribution >= 0.6 is 23.5 Å². The lowest BCUT2D eigenvalue weighted by Crippen LogP contribution is -2.46. The molecule has 2 aliphatic heterocycles. The van der Waals surface area contributed by atoms with Crippen molar-refractivity contribution in [3.05, 3.63) is 6.33 Å². The van der Waals surface area contributed by atoms with Gasteiger partial charge in [-0.15, -0.1) is 0 Å². The zero-order chi connectivity index (χ0) is 16.5. The Kier molecular flexibility index (Phi) is 3.98. The van der Waals surface area contributed by atoms with Crippen molar-refractivity contribution in [2.45, 2.75) is 17.4 Å². The van der Waals surface area contributed by atoms with Crippen LogP contribution in [0.15, 0.2) is 26.5 Å². The maximum atomic E-state index is 5.84. The standard InChI is InChI=1S/C12H14N10S2/c13-7-5-9(17-3-15-7)21-11(19-5)23-1-2-24-12-20-6-8(14)16-4-18-10(6)22-12/h3-5,9H,1-2H2,(H,19,21)(H2,13,15,17)(H3,14,16,18,20,22). The molecular weight excluding hydrogens is 348 g/mol. The fourth-order valence-electron chi connectivity index (χ4n) is 2.28. The topological polar surface area (TPSA) is 156 Å². The van der Waals surface area contributed by atoms with E-state index in [2.05, 4.69) is 40.2 Å². The predicted molar refractivity (Wildman–Crippen MR) is 97.5 cm³/mol. The normalized spacial score (nSPS) is 22.2. The monoisotopic (exact) mass is 362 g/mol. The molecule has 0 spiro atoms. The van der Waals surface area contributed by atoms with Gasteiger partial charge in [0.25, 0.3) is 0 Å². The fourth-order valence-corrected chi connectivity index (χ4v) is 4.05. The van der Waals surface area contributed by atoms with Gasteiger partial charge in [-0.3, -0.25) is 0 Å². The number of rotatable bonds is 4. The Morgan fingerprint density at radius 3 is 2.88 bits per heavy atom. The van der Waals surface area contributed by atoms with Crippen LogP contribution in [0, 0.1) is 0 Å². The third kappa shape index (κ3) is 2.89. The minimum atomic E-state index is -0.199. The Balaban J connectivity index is 1.30. The minimum absolute atomic E-state index is 0.123. The first-order chi connectivity index (χ1) is 11.7. The molecule has 12 heteroatoms. The number of H-pyrrole nitrogens is 1. The fraction of sp³-hybridized carbons (Fsp3) is 0.333. The van der Waals surface area contributed by atoms with Crippen molar-refractivity contribution < 1.29 is 0 Å². The van der Waals surface area contributed by atoms with Crippen LogP contribution in [-0.2, 0) is 0 Å². The zero-order valence-electron chi connectivity index (χ0n) is 12.4. The number of hydrogen-bond donors (Lipinski definition) is 4. The average Bonchev–Trinajstić information content (AvgIpc) is 3.17. The highest BCUT2D eigenvalue weighted by molar-refractivity contribution is 8.14. The molecule has 0 aromatic carbocycles. The second kappa shape index (κ2) is 6.28. The van der Waals surface area contributed by atoms with Crippen LogP contribution in [0.1, 0.15) is 0 Å². The molecule has 4 heterocycles. The first-order valence-electron chi connectivity index (χ1n) is 7.11. The second-order valence-corrected chi connectivity index (χ2v) is 7.15. The van der Waals surface area contributed by atoms with Crippen LogP contribution in [-0.4, -0.2) is 61.0 Å². The third-order valence-electron chi connectivity index (χ3n) is 3.43. The van der Waals surface area contributed by atoms with Crippen molar-refractivity contribution in [1.29, 1.82) is 0 Å². The van der Waals surface area contributed by atoms with Gasteiger partial charge >= 0.3 is 0 Å².